The highest BCUT2D eigenvalue weighted by Crippen LogP contribution is 2.34. The van der Waals surface area contributed by atoms with Crippen molar-refractivity contribution in [3.05, 3.63) is 80.6 Å². The quantitative estimate of drug-likeness (QED) is 0.413. The van der Waals surface area contributed by atoms with Crippen LogP contribution in [0.15, 0.2) is 59.4 Å². The number of pyridine rings is 1. The third-order valence-electron chi connectivity index (χ3n) is 5.01. The number of nitrogens with zero attached hydrogens (tertiary/aromatic N) is 3. The number of halogens is 5. The van der Waals surface area contributed by atoms with Crippen LogP contribution in [-0.2, 0) is 6.54 Å². The number of hydrogen-bond acceptors (Lipinski definition) is 3. The van der Waals surface area contributed by atoms with Gasteiger partial charge >= 0.3 is 6.18 Å². The number of para-hydroxylation sites is 1. The highest BCUT2D eigenvalue weighted by molar-refractivity contribution is 6.32. The van der Waals surface area contributed by atoms with Crippen molar-refractivity contribution < 1.29 is 18.0 Å². The van der Waals surface area contributed by atoms with E-state index in [9.17, 15) is 22.8 Å². The Labute approximate surface area is 194 Å². The molecule has 2 N–H and O–H groups in total. The predicted molar refractivity (Wildman–Crippen MR) is 120 cm³/mol. The molecule has 0 aliphatic carbocycles. The number of carbonyl (C=O) groups is 1. The largest absolute Gasteiger partial charge is 0.390 e. The summed E-state index contributed by atoms with van der Waals surface area (Å²) in [4.78, 5) is 24.8. The summed E-state index contributed by atoms with van der Waals surface area (Å²) >= 11 is 12.4. The van der Waals surface area contributed by atoms with Gasteiger partial charge in [-0.25, -0.2) is 4.68 Å². The van der Waals surface area contributed by atoms with Crippen LogP contribution in [0.3, 0.4) is 0 Å². The van der Waals surface area contributed by atoms with Gasteiger partial charge < -0.3 is 5.73 Å². The number of benzene rings is 2. The molecule has 170 valence electrons. The van der Waals surface area contributed by atoms with Crippen LogP contribution < -0.4 is 11.3 Å². The molecule has 11 heteroatoms. The van der Waals surface area contributed by atoms with E-state index < -0.39 is 36.2 Å². The molecule has 0 unspecified atom stereocenters. The Bertz CT molecular complexity index is 1430. The minimum Gasteiger partial charge on any atom is -0.365 e. The van der Waals surface area contributed by atoms with Gasteiger partial charge in [-0.15, -0.1) is 5.10 Å². The Balaban J connectivity index is 2.12. The number of primary amides is 1. The Hall–Kier alpha value is -3.30. The van der Waals surface area contributed by atoms with Gasteiger partial charge in [0.2, 0.25) is 0 Å². The van der Waals surface area contributed by atoms with Crippen molar-refractivity contribution >= 4 is 40.1 Å². The molecule has 0 saturated carbocycles. The van der Waals surface area contributed by atoms with E-state index in [0.29, 0.717) is 27.0 Å². The number of nitrogens with two attached hydrogens (primary N) is 1. The lowest BCUT2D eigenvalue weighted by Crippen LogP contribution is -2.31. The van der Waals surface area contributed by atoms with Crippen LogP contribution in [0.5, 0.6) is 0 Å². The standard InChI is InChI=1S/C22H15Cl2F3N4O2/c23-13-7-5-12(6-8-13)18-14-11-15(19(28)32)21(33)30(10-9-22(25,26)27)20(14)29-31(18)17-4-2-1-3-16(17)24/h1-8,11H,9-10H2,(H2,28,32). The second-order valence-corrected chi connectivity index (χ2v) is 8.04. The summed E-state index contributed by atoms with van der Waals surface area (Å²) in [7, 11) is 0. The number of rotatable bonds is 5. The summed E-state index contributed by atoms with van der Waals surface area (Å²) in [5, 5.41) is 5.49. The van der Waals surface area contributed by atoms with Gasteiger partial charge in [0.05, 0.1) is 22.8 Å². The fraction of sp³-hybridized carbons (Fsp3) is 0.136. The van der Waals surface area contributed by atoms with Crippen LogP contribution in [0.25, 0.3) is 28.0 Å². The highest BCUT2D eigenvalue weighted by atomic mass is 35.5. The van der Waals surface area contributed by atoms with Crippen LogP contribution in [0.1, 0.15) is 16.8 Å². The van der Waals surface area contributed by atoms with Gasteiger partial charge in [-0.2, -0.15) is 13.2 Å². The van der Waals surface area contributed by atoms with E-state index in [-0.39, 0.29) is 11.0 Å². The smallest absolute Gasteiger partial charge is 0.365 e. The minimum absolute atomic E-state index is 0.0425. The molecular weight excluding hydrogens is 480 g/mol. The van der Waals surface area contributed by atoms with Crippen molar-refractivity contribution in [2.75, 3.05) is 0 Å². The molecule has 6 nitrogen and oxygen atoms in total. The zero-order valence-corrected chi connectivity index (χ0v) is 18.2. The number of aromatic nitrogens is 3. The number of carbonyl (C=O) groups excluding carboxylic acids is 1. The Morgan fingerprint density at radius 1 is 1.06 bits per heavy atom. The first-order valence-electron chi connectivity index (χ1n) is 9.61. The number of amides is 1. The fourth-order valence-corrected chi connectivity index (χ4v) is 3.85. The second kappa shape index (κ2) is 8.57. The number of aryl methyl sites for hydroxylation is 1. The van der Waals surface area contributed by atoms with Crippen molar-refractivity contribution in [2.24, 2.45) is 5.73 Å². The monoisotopic (exact) mass is 494 g/mol. The number of fused-ring (bicyclic) bond motifs is 1. The molecule has 1 amide bonds. The number of alkyl halides is 3. The molecule has 0 spiro atoms. The first-order valence-corrected chi connectivity index (χ1v) is 10.4. The Morgan fingerprint density at radius 3 is 2.33 bits per heavy atom. The molecule has 0 saturated heterocycles. The van der Waals surface area contributed by atoms with Gasteiger partial charge in [-0.1, -0.05) is 47.5 Å². The third-order valence-corrected chi connectivity index (χ3v) is 5.58. The number of hydrogen-bond donors (Lipinski definition) is 1. The Kier molecular flexibility index (Phi) is 5.94. The van der Waals surface area contributed by atoms with Gasteiger partial charge in [0, 0.05) is 22.5 Å². The second-order valence-electron chi connectivity index (χ2n) is 7.20. The topological polar surface area (TPSA) is 82.9 Å². The lowest BCUT2D eigenvalue weighted by atomic mass is 10.1. The van der Waals surface area contributed by atoms with E-state index in [1.165, 1.54) is 10.7 Å². The average Bonchev–Trinajstić information content (AvgIpc) is 3.11. The minimum atomic E-state index is -4.53. The summed E-state index contributed by atoms with van der Waals surface area (Å²) < 4.78 is 41.2. The van der Waals surface area contributed by atoms with Gasteiger partial charge in [-0.3, -0.25) is 14.2 Å². The van der Waals surface area contributed by atoms with E-state index in [4.69, 9.17) is 28.9 Å². The fourth-order valence-electron chi connectivity index (χ4n) is 3.50. The maximum absolute atomic E-state index is 13.0. The maximum atomic E-state index is 13.0. The molecule has 33 heavy (non-hydrogen) atoms. The van der Waals surface area contributed by atoms with Crippen LogP contribution in [-0.4, -0.2) is 26.4 Å². The molecule has 2 heterocycles. The van der Waals surface area contributed by atoms with Crippen LogP contribution in [0.4, 0.5) is 13.2 Å². The van der Waals surface area contributed by atoms with Crippen molar-refractivity contribution in [3.8, 4) is 16.9 Å². The molecular formula is C22H15Cl2F3N4O2. The molecule has 0 radical (unpaired) electrons. The molecule has 0 aliphatic heterocycles. The third kappa shape index (κ3) is 4.46. The summed E-state index contributed by atoms with van der Waals surface area (Å²) in [6.45, 7) is -0.737. The molecule has 2 aromatic carbocycles. The molecule has 4 rings (SSSR count). The van der Waals surface area contributed by atoms with Crippen molar-refractivity contribution in [1.82, 2.24) is 14.3 Å². The van der Waals surface area contributed by atoms with Crippen molar-refractivity contribution in [2.45, 2.75) is 19.1 Å². The van der Waals surface area contributed by atoms with Crippen molar-refractivity contribution in [3.63, 3.8) is 0 Å². The SMILES string of the molecule is NC(=O)c1cc2c(-c3ccc(Cl)cc3)n(-c3ccccc3Cl)nc2n(CCC(F)(F)F)c1=O. The predicted octanol–water partition coefficient (Wildman–Crippen LogP) is 5.21. The Morgan fingerprint density at radius 2 is 1.73 bits per heavy atom. The maximum Gasteiger partial charge on any atom is 0.390 e. The summed E-state index contributed by atoms with van der Waals surface area (Å²) in [6.07, 6.45) is -5.82. The van der Waals surface area contributed by atoms with Gasteiger partial charge in [0.25, 0.3) is 11.5 Å². The van der Waals surface area contributed by atoms with E-state index in [1.807, 2.05) is 0 Å². The summed E-state index contributed by atoms with van der Waals surface area (Å²) in [5.74, 6) is -1.06. The van der Waals surface area contributed by atoms with E-state index in [1.54, 1.807) is 48.5 Å². The van der Waals surface area contributed by atoms with Gasteiger partial charge in [0.1, 0.15) is 5.56 Å². The molecule has 2 aromatic heterocycles. The first kappa shape index (κ1) is 22.9. The van der Waals surface area contributed by atoms with Gasteiger partial charge in [-0.05, 0) is 30.3 Å². The lowest BCUT2D eigenvalue weighted by Gasteiger charge is -2.11. The first-order chi connectivity index (χ1) is 15.6. The highest BCUT2D eigenvalue weighted by Gasteiger charge is 2.29. The van der Waals surface area contributed by atoms with E-state index in [0.717, 1.165) is 4.57 Å². The molecule has 0 aliphatic rings. The summed E-state index contributed by atoms with van der Waals surface area (Å²) in [5.41, 5.74) is 5.33. The van der Waals surface area contributed by atoms with E-state index in [2.05, 4.69) is 5.10 Å². The lowest BCUT2D eigenvalue weighted by molar-refractivity contribution is -0.136. The zero-order valence-electron chi connectivity index (χ0n) is 16.7. The van der Waals surface area contributed by atoms with Gasteiger partial charge in [0.15, 0.2) is 5.65 Å². The van der Waals surface area contributed by atoms with Crippen LogP contribution >= 0.6 is 23.2 Å². The summed E-state index contributed by atoms with van der Waals surface area (Å²) in [6, 6.07) is 14.6. The van der Waals surface area contributed by atoms with Crippen molar-refractivity contribution in [1.29, 1.82) is 0 Å². The molecule has 0 fully saturated rings. The molecule has 0 atom stereocenters. The van der Waals surface area contributed by atoms with Crippen LogP contribution in [0, 0.1) is 0 Å². The van der Waals surface area contributed by atoms with E-state index >= 15 is 0 Å². The molecule has 4 aromatic rings. The zero-order chi connectivity index (χ0) is 23.9. The average molecular weight is 495 g/mol. The normalized spacial score (nSPS) is 11.8. The molecule has 0 bridgehead atoms. The van der Waals surface area contributed by atoms with Crippen LogP contribution in [0.2, 0.25) is 10.0 Å².